The molecule has 1 aliphatic heterocycles. The van der Waals surface area contributed by atoms with E-state index in [2.05, 4.69) is 5.32 Å². The minimum absolute atomic E-state index is 0.213. The van der Waals surface area contributed by atoms with E-state index in [0.717, 1.165) is 37.9 Å². The van der Waals surface area contributed by atoms with Crippen LogP contribution in [0.15, 0.2) is 36.4 Å². The molecule has 0 spiro atoms. The van der Waals surface area contributed by atoms with Gasteiger partial charge in [-0.15, -0.1) is 0 Å². The van der Waals surface area contributed by atoms with Gasteiger partial charge in [0.15, 0.2) is 5.78 Å². The summed E-state index contributed by atoms with van der Waals surface area (Å²) in [7, 11) is 0. The van der Waals surface area contributed by atoms with Gasteiger partial charge in [0, 0.05) is 5.92 Å². The molecule has 1 atom stereocenters. The number of hydrogen-bond acceptors (Lipinski definition) is 2. The van der Waals surface area contributed by atoms with Crippen LogP contribution in [0.5, 0.6) is 0 Å². The summed E-state index contributed by atoms with van der Waals surface area (Å²) in [5.41, 5.74) is 1.09. The van der Waals surface area contributed by atoms with Crippen molar-refractivity contribution in [3.05, 3.63) is 42.0 Å². The fourth-order valence-corrected chi connectivity index (χ4v) is 2.18. The SMILES string of the molecule is O=C(C=Cc1ccccc1)C1CCCNCC1. The Bertz CT molecular complexity index is 375. The smallest absolute Gasteiger partial charge is 0.158 e. The molecule has 17 heavy (non-hydrogen) atoms. The molecular formula is C15H19NO. The number of allylic oxidation sites excluding steroid dienone is 1. The lowest BCUT2D eigenvalue weighted by atomic mass is 9.95. The highest BCUT2D eigenvalue weighted by Gasteiger charge is 2.17. The van der Waals surface area contributed by atoms with Crippen LogP contribution in [0, 0.1) is 5.92 Å². The van der Waals surface area contributed by atoms with Gasteiger partial charge in [-0.1, -0.05) is 36.4 Å². The predicted octanol–water partition coefficient (Wildman–Crippen LogP) is 2.66. The molecule has 0 radical (unpaired) electrons. The van der Waals surface area contributed by atoms with Gasteiger partial charge in [-0.25, -0.2) is 0 Å². The van der Waals surface area contributed by atoms with Gasteiger partial charge in [-0.2, -0.15) is 0 Å². The van der Waals surface area contributed by atoms with Gasteiger partial charge in [-0.3, -0.25) is 4.79 Å². The first-order valence-corrected chi connectivity index (χ1v) is 6.34. The molecule has 1 heterocycles. The summed E-state index contributed by atoms with van der Waals surface area (Å²) in [5, 5.41) is 3.33. The Morgan fingerprint density at radius 2 is 2.00 bits per heavy atom. The molecule has 0 amide bonds. The molecule has 2 rings (SSSR count). The summed E-state index contributed by atoms with van der Waals surface area (Å²) in [4.78, 5) is 12.0. The molecule has 1 N–H and O–H groups in total. The summed E-state index contributed by atoms with van der Waals surface area (Å²) in [6.07, 6.45) is 6.75. The third kappa shape index (κ3) is 3.82. The maximum Gasteiger partial charge on any atom is 0.158 e. The lowest BCUT2D eigenvalue weighted by Gasteiger charge is -2.08. The van der Waals surface area contributed by atoms with Crippen molar-refractivity contribution in [1.82, 2.24) is 5.32 Å². The zero-order chi connectivity index (χ0) is 11.9. The van der Waals surface area contributed by atoms with Crippen molar-refractivity contribution in [1.29, 1.82) is 0 Å². The van der Waals surface area contributed by atoms with Gasteiger partial charge in [0.2, 0.25) is 0 Å². The number of benzene rings is 1. The second-order valence-electron chi connectivity index (χ2n) is 4.52. The topological polar surface area (TPSA) is 29.1 Å². The molecule has 2 nitrogen and oxygen atoms in total. The van der Waals surface area contributed by atoms with Crippen molar-refractivity contribution in [2.24, 2.45) is 5.92 Å². The van der Waals surface area contributed by atoms with Crippen LogP contribution in [0.4, 0.5) is 0 Å². The van der Waals surface area contributed by atoms with Gasteiger partial charge < -0.3 is 5.32 Å². The highest BCUT2D eigenvalue weighted by atomic mass is 16.1. The van der Waals surface area contributed by atoms with E-state index in [4.69, 9.17) is 0 Å². The quantitative estimate of drug-likeness (QED) is 0.807. The lowest BCUT2D eigenvalue weighted by molar-refractivity contribution is -0.118. The Hall–Kier alpha value is -1.41. The Morgan fingerprint density at radius 3 is 2.82 bits per heavy atom. The lowest BCUT2D eigenvalue weighted by Crippen LogP contribution is -2.16. The monoisotopic (exact) mass is 229 g/mol. The molecule has 1 aliphatic rings. The van der Waals surface area contributed by atoms with Gasteiger partial charge in [0.05, 0.1) is 0 Å². The number of carbonyl (C=O) groups is 1. The van der Waals surface area contributed by atoms with Gasteiger partial charge in [0.25, 0.3) is 0 Å². The number of hydrogen-bond donors (Lipinski definition) is 1. The summed E-state index contributed by atoms with van der Waals surface area (Å²) >= 11 is 0. The highest BCUT2D eigenvalue weighted by molar-refractivity contribution is 5.95. The van der Waals surface area contributed by atoms with E-state index >= 15 is 0 Å². The summed E-state index contributed by atoms with van der Waals surface area (Å²) in [5.74, 6) is 0.488. The fourth-order valence-electron chi connectivity index (χ4n) is 2.18. The predicted molar refractivity (Wildman–Crippen MR) is 70.7 cm³/mol. The van der Waals surface area contributed by atoms with Gasteiger partial charge >= 0.3 is 0 Å². The normalized spacial score (nSPS) is 21.3. The summed E-state index contributed by atoms with van der Waals surface area (Å²) < 4.78 is 0. The van der Waals surface area contributed by atoms with Crippen molar-refractivity contribution >= 4 is 11.9 Å². The van der Waals surface area contributed by atoms with Crippen molar-refractivity contribution in [3.8, 4) is 0 Å². The van der Waals surface area contributed by atoms with Crippen LogP contribution in [0.2, 0.25) is 0 Å². The molecule has 0 aromatic heterocycles. The van der Waals surface area contributed by atoms with Crippen LogP contribution >= 0.6 is 0 Å². The minimum Gasteiger partial charge on any atom is -0.317 e. The van der Waals surface area contributed by atoms with Crippen LogP contribution in [-0.2, 0) is 4.79 Å². The summed E-state index contributed by atoms with van der Waals surface area (Å²) in [6, 6.07) is 9.98. The van der Waals surface area contributed by atoms with E-state index in [1.165, 1.54) is 0 Å². The van der Waals surface area contributed by atoms with Gasteiger partial charge in [0.1, 0.15) is 0 Å². The molecule has 1 aromatic carbocycles. The molecule has 1 saturated heterocycles. The number of rotatable bonds is 3. The third-order valence-electron chi connectivity index (χ3n) is 3.22. The molecule has 1 aromatic rings. The van der Waals surface area contributed by atoms with Crippen LogP contribution in [0.25, 0.3) is 6.08 Å². The zero-order valence-corrected chi connectivity index (χ0v) is 10.1. The van der Waals surface area contributed by atoms with Crippen molar-refractivity contribution < 1.29 is 4.79 Å². The van der Waals surface area contributed by atoms with Crippen LogP contribution in [0.1, 0.15) is 24.8 Å². The molecule has 1 fully saturated rings. The van der Waals surface area contributed by atoms with Crippen LogP contribution in [-0.4, -0.2) is 18.9 Å². The minimum atomic E-state index is 0.213. The first-order valence-electron chi connectivity index (χ1n) is 6.34. The van der Waals surface area contributed by atoms with Crippen molar-refractivity contribution in [2.75, 3.05) is 13.1 Å². The highest BCUT2D eigenvalue weighted by Crippen LogP contribution is 2.15. The van der Waals surface area contributed by atoms with Crippen LogP contribution < -0.4 is 5.32 Å². The second kappa shape index (κ2) is 6.36. The molecule has 90 valence electrons. The Kier molecular flexibility index (Phi) is 4.51. The Balaban J connectivity index is 1.94. The first-order chi connectivity index (χ1) is 8.36. The van der Waals surface area contributed by atoms with Crippen molar-refractivity contribution in [2.45, 2.75) is 19.3 Å². The van der Waals surface area contributed by atoms with E-state index in [1.54, 1.807) is 6.08 Å². The van der Waals surface area contributed by atoms with Crippen LogP contribution in [0.3, 0.4) is 0 Å². The molecule has 1 unspecified atom stereocenters. The molecule has 2 heteroatoms. The number of carbonyl (C=O) groups excluding carboxylic acids is 1. The van der Waals surface area contributed by atoms with Gasteiger partial charge in [-0.05, 0) is 44.0 Å². The van der Waals surface area contributed by atoms with E-state index in [0.29, 0.717) is 0 Å². The van der Waals surface area contributed by atoms with E-state index in [1.807, 2.05) is 36.4 Å². The fraction of sp³-hybridized carbons (Fsp3) is 0.400. The standard InChI is InChI=1S/C15H19NO/c17-15(14-7-4-11-16-12-10-14)9-8-13-5-2-1-3-6-13/h1-3,5-6,8-9,14,16H,4,7,10-12H2. The maximum absolute atomic E-state index is 12.0. The average Bonchev–Trinajstić information content (AvgIpc) is 2.66. The summed E-state index contributed by atoms with van der Waals surface area (Å²) in [6.45, 7) is 2.02. The molecular weight excluding hydrogens is 210 g/mol. The third-order valence-corrected chi connectivity index (χ3v) is 3.22. The number of ketones is 1. The second-order valence-corrected chi connectivity index (χ2v) is 4.52. The zero-order valence-electron chi connectivity index (χ0n) is 10.1. The molecule has 0 bridgehead atoms. The first kappa shape index (κ1) is 12.1. The largest absolute Gasteiger partial charge is 0.317 e. The number of nitrogens with one attached hydrogen (secondary N) is 1. The average molecular weight is 229 g/mol. The molecule has 0 aliphatic carbocycles. The van der Waals surface area contributed by atoms with E-state index < -0.39 is 0 Å². The van der Waals surface area contributed by atoms with E-state index in [-0.39, 0.29) is 11.7 Å². The molecule has 0 saturated carbocycles. The maximum atomic E-state index is 12.0. The van der Waals surface area contributed by atoms with E-state index in [9.17, 15) is 4.79 Å². The Morgan fingerprint density at radius 1 is 1.18 bits per heavy atom. The Labute approximate surface area is 103 Å². The van der Waals surface area contributed by atoms with Crippen molar-refractivity contribution in [3.63, 3.8) is 0 Å².